The maximum Gasteiger partial charge on any atom is 0.120 e. The number of aromatic nitrogens is 1. The summed E-state index contributed by atoms with van der Waals surface area (Å²) in [6.45, 7) is 8.82. The zero-order valence-corrected chi connectivity index (χ0v) is 10.8. The monoisotopic (exact) mass is 218 g/mol. The van der Waals surface area contributed by atoms with Crippen molar-refractivity contribution >= 4 is 0 Å². The maximum atomic E-state index is 9.08. The summed E-state index contributed by atoms with van der Waals surface area (Å²) in [5.74, 6) is 0.714. The van der Waals surface area contributed by atoms with Crippen LogP contribution in [0, 0.1) is 17.2 Å². The highest BCUT2D eigenvalue weighted by atomic mass is 15.0. The van der Waals surface area contributed by atoms with Crippen molar-refractivity contribution in [1.29, 1.82) is 5.26 Å². The molecule has 0 unspecified atom stereocenters. The number of hydrogen-bond donors (Lipinski definition) is 0. The van der Waals surface area contributed by atoms with Gasteiger partial charge in [0.15, 0.2) is 0 Å². The maximum absolute atomic E-state index is 9.08. The largest absolute Gasteiger partial charge is 0.334 e. The van der Waals surface area contributed by atoms with Gasteiger partial charge in [-0.05, 0) is 44.2 Å². The van der Waals surface area contributed by atoms with Crippen LogP contribution in [0.25, 0.3) is 0 Å². The van der Waals surface area contributed by atoms with Gasteiger partial charge in [0.05, 0.1) is 0 Å². The smallest absolute Gasteiger partial charge is 0.120 e. The molecule has 0 spiro atoms. The van der Waals surface area contributed by atoms with E-state index in [2.05, 4.69) is 44.4 Å². The fourth-order valence-electron chi connectivity index (χ4n) is 1.93. The third-order valence-electron chi connectivity index (χ3n) is 3.13. The summed E-state index contributed by atoms with van der Waals surface area (Å²) in [5, 5.41) is 9.08. The van der Waals surface area contributed by atoms with Gasteiger partial charge in [0.25, 0.3) is 0 Å². The first-order valence-electron chi connectivity index (χ1n) is 6.20. The van der Waals surface area contributed by atoms with E-state index in [1.807, 2.05) is 6.07 Å². The molecule has 0 aromatic carbocycles. The van der Waals surface area contributed by atoms with E-state index in [0.717, 1.165) is 18.5 Å². The summed E-state index contributed by atoms with van der Waals surface area (Å²) in [6.07, 6.45) is 3.33. The highest BCUT2D eigenvalue weighted by molar-refractivity contribution is 5.28. The van der Waals surface area contributed by atoms with E-state index in [1.54, 1.807) is 0 Å². The van der Waals surface area contributed by atoms with Crippen LogP contribution in [0.4, 0.5) is 0 Å². The van der Waals surface area contributed by atoms with E-state index in [0.29, 0.717) is 12.0 Å². The molecule has 88 valence electrons. The van der Waals surface area contributed by atoms with Crippen LogP contribution in [0.5, 0.6) is 0 Å². The summed E-state index contributed by atoms with van der Waals surface area (Å²) in [4.78, 5) is 0. The molecule has 0 amide bonds. The van der Waals surface area contributed by atoms with E-state index < -0.39 is 0 Å². The van der Waals surface area contributed by atoms with Gasteiger partial charge in [-0.15, -0.1) is 0 Å². The van der Waals surface area contributed by atoms with Crippen molar-refractivity contribution < 1.29 is 0 Å². The van der Waals surface area contributed by atoms with Crippen LogP contribution >= 0.6 is 0 Å². The average molecular weight is 218 g/mol. The Morgan fingerprint density at radius 3 is 2.50 bits per heavy atom. The van der Waals surface area contributed by atoms with Crippen LogP contribution in [-0.2, 0) is 6.42 Å². The first-order valence-corrected chi connectivity index (χ1v) is 6.20. The molecule has 0 saturated carbocycles. The molecular formula is C14H22N2. The van der Waals surface area contributed by atoms with Gasteiger partial charge in [-0.25, -0.2) is 0 Å². The Morgan fingerprint density at radius 2 is 2.00 bits per heavy atom. The average Bonchev–Trinajstić information content (AvgIpc) is 2.68. The van der Waals surface area contributed by atoms with Gasteiger partial charge < -0.3 is 4.57 Å². The van der Waals surface area contributed by atoms with E-state index in [-0.39, 0.29) is 0 Å². The van der Waals surface area contributed by atoms with Crippen LogP contribution in [0.2, 0.25) is 0 Å². The normalized spacial score (nSPS) is 12.8. The first-order chi connectivity index (χ1) is 7.60. The highest BCUT2D eigenvalue weighted by Crippen LogP contribution is 2.20. The minimum Gasteiger partial charge on any atom is -0.334 e. The molecule has 2 nitrogen and oxygen atoms in total. The number of nitriles is 1. The SMILES string of the molecule is CC[C@H](C)n1c(C#N)ccc1CCC(C)C. The molecule has 0 fully saturated rings. The van der Waals surface area contributed by atoms with Gasteiger partial charge in [0.2, 0.25) is 0 Å². The number of rotatable bonds is 5. The van der Waals surface area contributed by atoms with Crippen LogP contribution in [0.15, 0.2) is 12.1 Å². The van der Waals surface area contributed by atoms with Gasteiger partial charge in [0, 0.05) is 11.7 Å². The second-order valence-electron chi connectivity index (χ2n) is 4.88. The van der Waals surface area contributed by atoms with E-state index >= 15 is 0 Å². The summed E-state index contributed by atoms with van der Waals surface area (Å²) >= 11 is 0. The minimum absolute atomic E-state index is 0.423. The van der Waals surface area contributed by atoms with Gasteiger partial charge in [-0.3, -0.25) is 0 Å². The first kappa shape index (κ1) is 12.8. The lowest BCUT2D eigenvalue weighted by Crippen LogP contribution is -2.10. The molecule has 0 bridgehead atoms. The van der Waals surface area contributed by atoms with Crippen molar-refractivity contribution in [1.82, 2.24) is 4.57 Å². The molecule has 0 radical (unpaired) electrons. The molecule has 1 heterocycles. The number of nitrogens with zero attached hydrogens (tertiary/aromatic N) is 2. The van der Waals surface area contributed by atoms with Crippen molar-refractivity contribution in [2.75, 3.05) is 0 Å². The summed E-state index contributed by atoms with van der Waals surface area (Å²) < 4.78 is 2.20. The predicted octanol–water partition coefficient (Wildman–Crippen LogP) is 3.92. The van der Waals surface area contributed by atoms with Gasteiger partial charge in [-0.1, -0.05) is 20.8 Å². The van der Waals surface area contributed by atoms with Gasteiger partial charge >= 0.3 is 0 Å². The summed E-state index contributed by atoms with van der Waals surface area (Å²) in [7, 11) is 0. The molecule has 1 aromatic rings. The molecule has 0 saturated heterocycles. The van der Waals surface area contributed by atoms with Crippen molar-refractivity contribution in [2.45, 2.75) is 53.0 Å². The molecule has 1 rings (SSSR count). The zero-order chi connectivity index (χ0) is 12.1. The molecule has 16 heavy (non-hydrogen) atoms. The number of aryl methyl sites for hydroxylation is 1. The topological polar surface area (TPSA) is 28.7 Å². The molecule has 0 aliphatic heterocycles. The van der Waals surface area contributed by atoms with E-state index in [4.69, 9.17) is 5.26 Å². The third-order valence-corrected chi connectivity index (χ3v) is 3.13. The van der Waals surface area contributed by atoms with Crippen LogP contribution in [-0.4, -0.2) is 4.57 Å². The molecule has 0 N–H and O–H groups in total. The minimum atomic E-state index is 0.423. The van der Waals surface area contributed by atoms with Crippen molar-refractivity contribution in [2.24, 2.45) is 5.92 Å². The lowest BCUT2D eigenvalue weighted by atomic mass is 10.1. The van der Waals surface area contributed by atoms with Crippen LogP contribution in [0.1, 0.15) is 58.0 Å². The van der Waals surface area contributed by atoms with Crippen molar-refractivity contribution in [3.8, 4) is 6.07 Å². The molecule has 2 heteroatoms. The Kier molecular flexibility index (Phi) is 4.61. The number of hydrogen-bond acceptors (Lipinski definition) is 1. The zero-order valence-electron chi connectivity index (χ0n) is 10.8. The Morgan fingerprint density at radius 1 is 1.31 bits per heavy atom. The lowest BCUT2D eigenvalue weighted by molar-refractivity contribution is 0.492. The molecule has 1 aromatic heterocycles. The third kappa shape index (κ3) is 2.88. The molecular weight excluding hydrogens is 196 g/mol. The van der Waals surface area contributed by atoms with Gasteiger partial charge in [-0.2, -0.15) is 5.26 Å². The Balaban J connectivity index is 2.92. The van der Waals surface area contributed by atoms with E-state index in [9.17, 15) is 0 Å². The molecule has 0 aliphatic carbocycles. The van der Waals surface area contributed by atoms with Gasteiger partial charge in [0.1, 0.15) is 11.8 Å². The lowest BCUT2D eigenvalue weighted by Gasteiger charge is -2.17. The second-order valence-corrected chi connectivity index (χ2v) is 4.88. The van der Waals surface area contributed by atoms with E-state index in [1.165, 1.54) is 12.1 Å². The highest BCUT2D eigenvalue weighted by Gasteiger charge is 2.12. The summed E-state index contributed by atoms with van der Waals surface area (Å²) in [6, 6.07) is 6.76. The standard InChI is InChI=1S/C14H22N2/c1-5-12(4)16-13(7-6-11(2)3)8-9-14(16)10-15/h8-9,11-12H,5-7H2,1-4H3/t12-/m0/s1. The van der Waals surface area contributed by atoms with Crippen molar-refractivity contribution in [3.63, 3.8) is 0 Å². The van der Waals surface area contributed by atoms with Crippen LogP contribution < -0.4 is 0 Å². The fraction of sp³-hybridized carbons (Fsp3) is 0.643. The Hall–Kier alpha value is -1.23. The Bertz CT molecular complexity index is 369. The summed E-state index contributed by atoms with van der Waals surface area (Å²) in [5.41, 5.74) is 2.10. The molecule has 0 aliphatic rings. The quantitative estimate of drug-likeness (QED) is 0.736. The van der Waals surface area contributed by atoms with Crippen LogP contribution in [0.3, 0.4) is 0 Å². The van der Waals surface area contributed by atoms with Crippen molar-refractivity contribution in [3.05, 3.63) is 23.5 Å². The molecule has 1 atom stereocenters. The second kappa shape index (κ2) is 5.75. The fourth-order valence-corrected chi connectivity index (χ4v) is 1.93. The Labute approximate surface area is 98.9 Å². The predicted molar refractivity (Wildman–Crippen MR) is 67.3 cm³/mol.